The molecular formula is C65H131NO3. The fourth-order valence-electron chi connectivity index (χ4n) is 10.9. The van der Waals surface area contributed by atoms with Gasteiger partial charge in [0, 0.05) is 6.42 Å². The normalized spacial score (nSPS) is 12.6. The minimum absolute atomic E-state index is 0.0203. The molecule has 0 aliphatic carbocycles. The smallest absolute Gasteiger partial charge is 0.220 e. The Morgan fingerprint density at radius 1 is 0.290 bits per heavy atom. The largest absolute Gasteiger partial charge is 0.394 e. The fraction of sp³-hybridized carbons (Fsp3) is 0.985. The van der Waals surface area contributed by atoms with Crippen LogP contribution in [-0.2, 0) is 4.79 Å². The molecule has 0 aromatic carbocycles. The summed E-state index contributed by atoms with van der Waals surface area (Å²) >= 11 is 0. The van der Waals surface area contributed by atoms with Gasteiger partial charge >= 0.3 is 0 Å². The maximum atomic E-state index is 12.5. The number of unbranched alkanes of at least 4 members (excludes halogenated alkanes) is 55. The maximum Gasteiger partial charge on any atom is 0.220 e. The number of carbonyl (C=O) groups is 1. The van der Waals surface area contributed by atoms with Crippen LogP contribution in [-0.4, -0.2) is 34.9 Å². The summed E-state index contributed by atoms with van der Waals surface area (Å²) in [5.41, 5.74) is 0. The van der Waals surface area contributed by atoms with Gasteiger partial charge in [-0.2, -0.15) is 0 Å². The lowest BCUT2D eigenvalue weighted by molar-refractivity contribution is -0.123. The van der Waals surface area contributed by atoms with Crippen LogP contribution >= 0.6 is 0 Å². The van der Waals surface area contributed by atoms with Crippen LogP contribution in [0.1, 0.15) is 393 Å². The topological polar surface area (TPSA) is 69.6 Å². The zero-order valence-electron chi connectivity index (χ0n) is 47.9. The number of hydrogen-bond donors (Lipinski definition) is 3. The molecule has 0 aromatic heterocycles. The summed E-state index contributed by atoms with van der Waals surface area (Å²) in [6.45, 7) is 4.41. The predicted molar refractivity (Wildman–Crippen MR) is 309 cm³/mol. The second-order valence-corrected chi connectivity index (χ2v) is 22.9. The predicted octanol–water partition coefficient (Wildman–Crippen LogP) is 21.9. The quantitative estimate of drug-likeness (QED) is 0.0532. The Morgan fingerprint density at radius 2 is 0.464 bits per heavy atom. The van der Waals surface area contributed by atoms with Gasteiger partial charge in [-0.15, -0.1) is 0 Å². The molecule has 0 aliphatic heterocycles. The molecule has 0 aliphatic rings. The van der Waals surface area contributed by atoms with Crippen LogP contribution < -0.4 is 5.32 Å². The highest BCUT2D eigenvalue weighted by molar-refractivity contribution is 5.76. The van der Waals surface area contributed by atoms with Crippen LogP contribution in [0.15, 0.2) is 0 Å². The second kappa shape index (κ2) is 61.7. The molecule has 414 valence electrons. The van der Waals surface area contributed by atoms with Gasteiger partial charge in [0.15, 0.2) is 0 Å². The fourth-order valence-corrected chi connectivity index (χ4v) is 10.9. The Bertz CT molecular complexity index is 925. The molecule has 0 saturated heterocycles. The van der Waals surface area contributed by atoms with Crippen LogP contribution in [0.4, 0.5) is 0 Å². The number of aliphatic hydroxyl groups is 2. The summed E-state index contributed by atoms with van der Waals surface area (Å²) in [4.78, 5) is 12.5. The molecule has 0 heterocycles. The van der Waals surface area contributed by atoms with Gasteiger partial charge in [-0.25, -0.2) is 0 Å². The lowest BCUT2D eigenvalue weighted by atomic mass is 10.0. The third-order valence-corrected chi connectivity index (χ3v) is 15.9. The summed E-state index contributed by atoms with van der Waals surface area (Å²) in [6, 6.07) is -0.532. The molecule has 4 heteroatoms. The Balaban J connectivity index is 3.34. The average Bonchev–Trinajstić information content (AvgIpc) is 3.35. The average molecular weight is 975 g/mol. The highest BCUT2D eigenvalue weighted by atomic mass is 16.3. The van der Waals surface area contributed by atoms with Crippen molar-refractivity contribution in [2.75, 3.05) is 6.61 Å². The van der Waals surface area contributed by atoms with E-state index in [-0.39, 0.29) is 12.5 Å². The lowest BCUT2D eigenvalue weighted by Gasteiger charge is -2.22. The van der Waals surface area contributed by atoms with Crippen LogP contribution in [0.5, 0.6) is 0 Å². The van der Waals surface area contributed by atoms with Crippen LogP contribution in [0.3, 0.4) is 0 Å². The lowest BCUT2D eigenvalue weighted by Crippen LogP contribution is -2.45. The molecule has 0 radical (unpaired) electrons. The van der Waals surface area contributed by atoms with E-state index in [2.05, 4.69) is 19.2 Å². The van der Waals surface area contributed by atoms with Gasteiger partial charge in [0.1, 0.15) is 0 Å². The van der Waals surface area contributed by atoms with Crippen molar-refractivity contribution in [3.8, 4) is 0 Å². The van der Waals surface area contributed by atoms with Crippen molar-refractivity contribution in [1.82, 2.24) is 5.32 Å². The number of amides is 1. The monoisotopic (exact) mass is 974 g/mol. The maximum absolute atomic E-state index is 12.5. The summed E-state index contributed by atoms with van der Waals surface area (Å²) in [7, 11) is 0. The van der Waals surface area contributed by atoms with E-state index in [1.165, 1.54) is 340 Å². The first-order chi connectivity index (χ1) is 34.2. The van der Waals surface area contributed by atoms with Gasteiger partial charge in [0.05, 0.1) is 18.8 Å². The van der Waals surface area contributed by atoms with Crippen molar-refractivity contribution in [1.29, 1.82) is 0 Å². The van der Waals surface area contributed by atoms with Crippen LogP contribution in [0.25, 0.3) is 0 Å². The molecule has 69 heavy (non-hydrogen) atoms. The minimum atomic E-state index is -0.655. The molecule has 0 fully saturated rings. The highest BCUT2D eigenvalue weighted by Crippen LogP contribution is 2.20. The van der Waals surface area contributed by atoms with E-state index >= 15 is 0 Å². The first-order valence-electron chi connectivity index (χ1n) is 32.7. The van der Waals surface area contributed by atoms with Gasteiger partial charge in [0.25, 0.3) is 0 Å². The number of aliphatic hydroxyl groups excluding tert-OH is 2. The molecule has 0 spiro atoms. The number of nitrogens with one attached hydrogen (secondary N) is 1. The van der Waals surface area contributed by atoms with E-state index in [1.54, 1.807) is 0 Å². The summed E-state index contributed by atoms with van der Waals surface area (Å²) in [5, 5.41) is 23.4. The third-order valence-electron chi connectivity index (χ3n) is 15.9. The zero-order valence-corrected chi connectivity index (χ0v) is 47.9. The number of rotatable bonds is 62. The molecule has 0 aromatic rings. The van der Waals surface area contributed by atoms with E-state index in [0.717, 1.165) is 25.7 Å². The number of carbonyl (C=O) groups excluding carboxylic acids is 1. The zero-order chi connectivity index (χ0) is 49.9. The SMILES string of the molecule is CCCCCCCCCCCCCCCCCCCCCCCCCCCCCCCCCCCCCCC(=O)NC(CO)C(O)CCCCCCCCCCCCCCCCCCCCCCC. The standard InChI is InChI=1S/C65H131NO3/c1-3-5-7-9-11-13-15-17-19-21-23-25-26-27-28-29-30-31-32-33-34-35-36-37-38-39-41-43-45-47-49-51-53-55-57-59-61-65(69)66-63(62-67)64(68)60-58-56-54-52-50-48-46-44-42-40-24-22-20-18-16-14-12-10-8-6-4-2/h63-64,67-68H,3-62H2,1-2H3,(H,66,69). The van der Waals surface area contributed by atoms with Crippen molar-refractivity contribution in [2.45, 2.75) is 405 Å². The molecule has 0 saturated carbocycles. The van der Waals surface area contributed by atoms with Gasteiger partial charge < -0.3 is 15.5 Å². The Labute approximate surface area is 435 Å². The van der Waals surface area contributed by atoms with Crippen molar-refractivity contribution < 1.29 is 15.0 Å². The van der Waals surface area contributed by atoms with E-state index in [1.807, 2.05) is 0 Å². The second-order valence-electron chi connectivity index (χ2n) is 22.9. The first kappa shape index (κ1) is 68.4. The Morgan fingerprint density at radius 3 is 0.652 bits per heavy atom. The van der Waals surface area contributed by atoms with Gasteiger partial charge in [-0.05, 0) is 12.8 Å². The highest BCUT2D eigenvalue weighted by Gasteiger charge is 2.20. The Hall–Kier alpha value is -0.610. The number of hydrogen-bond acceptors (Lipinski definition) is 3. The molecule has 2 unspecified atom stereocenters. The van der Waals surface area contributed by atoms with Crippen molar-refractivity contribution in [2.24, 2.45) is 0 Å². The Kier molecular flexibility index (Phi) is 61.1. The van der Waals surface area contributed by atoms with Gasteiger partial charge in [-0.3, -0.25) is 4.79 Å². The summed E-state index contributed by atoms with van der Waals surface area (Å²) < 4.78 is 0. The molecule has 1 amide bonds. The third kappa shape index (κ3) is 58.2. The first-order valence-corrected chi connectivity index (χ1v) is 32.7. The molecule has 3 N–H and O–H groups in total. The van der Waals surface area contributed by atoms with Crippen molar-refractivity contribution in [3.63, 3.8) is 0 Å². The van der Waals surface area contributed by atoms with E-state index < -0.39 is 12.1 Å². The van der Waals surface area contributed by atoms with E-state index in [4.69, 9.17) is 0 Å². The van der Waals surface area contributed by atoms with E-state index in [9.17, 15) is 15.0 Å². The molecule has 2 atom stereocenters. The molecule has 4 nitrogen and oxygen atoms in total. The van der Waals surface area contributed by atoms with Crippen LogP contribution in [0.2, 0.25) is 0 Å². The summed E-state index contributed by atoms with van der Waals surface area (Å²) in [6.07, 6.45) is 80.0. The van der Waals surface area contributed by atoms with Crippen molar-refractivity contribution >= 4 is 5.91 Å². The molecule has 0 bridgehead atoms. The van der Waals surface area contributed by atoms with Crippen LogP contribution in [0, 0.1) is 0 Å². The van der Waals surface area contributed by atoms with Crippen molar-refractivity contribution in [3.05, 3.63) is 0 Å². The molecule has 0 rings (SSSR count). The van der Waals surface area contributed by atoms with E-state index in [0.29, 0.717) is 12.8 Å². The van der Waals surface area contributed by atoms with Gasteiger partial charge in [-0.1, -0.05) is 373 Å². The van der Waals surface area contributed by atoms with Gasteiger partial charge in [0.2, 0.25) is 5.91 Å². The molecular weight excluding hydrogens is 843 g/mol. The summed E-state index contributed by atoms with van der Waals surface area (Å²) in [5.74, 6) is -0.0203. The minimum Gasteiger partial charge on any atom is -0.394 e.